The van der Waals surface area contributed by atoms with Gasteiger partial charge in [-0.1, -0.05) is 0 Å². The molecule has 0 saturated carbocycles. The Labute approximate surface area is 100.0 Å². The second-order valence-corrected chi connectivity index (χ2v) is 4.37. The van der Waals surface area contributed by atoms with Crippen molar-refractivity contribution in [3.05, 3.63) is 32.3 Å². The van der Waals surface area contributed by atoms with E-state index in [2.05, 4.69) is 22.6 Å². The van der Waals surface area contributed by atoms with E-state index in [1.165, 1.54) is 0 Å². The third kappa shape index (κ3) is 2.07. The van der Waals surface area contributed by atoms with Gasteiger partial charge in [-0.3, -0.25) is 4.57 Å². The summed E-state index contributed by atoms with van der Waals surface area (Å²) < 4.78 is 12.7. The molecule has 2 rings (SSSR count). The van der Waals surface area contributed by atoms with Gasteiger partial charge in [-0.05, 0) is 40.8 Å². The molecule has 0 unspecified atom stereocenters. The fourth-order valence-electron chi connectivity index (χ4n) is 1.43. The zero-order valence-electron chi connectivity index (χ0n) is 8.20. The molecule has 0 aliphatic heterocycles. The lowest BCUT2D eigenvalue weighted by Crippen LogP contribution is -2.16. The minimum Gasteiger partial charge on any atom is -0.408 e. The Kier molecular flexibility index (Phi) is 3.11. The van der Waals surface area contributed by atoms with E-state index < -0.39 is 0 Å². The van der Waals surface area contributed by atoms with Gasteiger partial charge in [0.15, 0.2) is 5.58 Å². The third-order valence-electron chi connectivity index (χ3n) is 2.15. The lowest BCUT2D eigenvalue weighted by Gasteiger charge is -2.00. The number of hydrogen-bond acceptors (Lipinski definition) is 3. The summed E-state index contributed by atoms with van der Waals surface area (Å²) in [6.45, 7) is 1.02. The van der Waals surface area contributed by atoms with Crippen molar-refractivity contribution in [2.75, 3.05) is 13.7 Å². The van der Waals surface area contributed by atoms with Crippen molar-refractivity contribution >= 4 is 33.7 Å². The largest absolute Gasteiger partial charge is 0.420 e. The highest BCUT2D eigenvalue weighted by atomic mass is 127. The van der Waals surface area contributed by atoms with Gasteiger partial charge < -0.3 is 9.15 Å². The fraction of sp³-hybridized carbons (Fsp3) is 0.300. The summed E-state index contributed by atoms with van der Waals surface area (Å²) in [6, 6.07) is 5.64. The first-order valence-electron chi connectivity index (χ1n) is 4.50. The summed E-state index contributed by atoms with van der Waals surface area (Å²) in [5, 5.41) is 0. The number of rotatable bonds is 3. The van der Waals surface area contributed by atoms with Crippen molar-refractivity contribution in [2.45, 2.75) is 6.54 Å². The van der Waals surface area contributed by atoms with Crippen molar-refractivity contribution in [3.8, 4) is 0 Å². The van der Waals surface area contributed by atoms with E-state index in [0.29, 0.717) is 18.7 Å². The van der Waals surface area contributed by atoms with Crippen LogP contribution in [0.4, 0.5) is 0 Å². The number of oxazole rings is 1. The van der Waals surface area contributed by atoms with Crippen LogP contribution in [0, 0.1) is 3.57 Å². The maximum atomic E-state index is 11.5. The van der Waals surface area contributed by atoms with Gasteiger partial charge in [0, 0.05) is 10.7 Å². The molecule has 4 nitrogen and oxygen atoms in total. The highest BCUT2D eigenvalue weighted by molar-refractivity contribution is 14.1. The predicted molar refractivity (Wildman–Crippen MR) is 65.1 cm³/mol. The molecule has 1 heterocycles. The zero-order chi connectivity index (χ0) is 10.8. The van der Waals surface area contributed by atoms with Gasteiger partial charge in [-0.2, -0.15) is 0 Å². The third-order valence-corrected chi connectivity index (χ3v) is 2.82. The molecule has 0 fully saturated rings. The lowest BCUT2D eigenvalue weighted by molar-refractivity contribution is 0.186. The molecular weight excluding hydrogens is 309 g/mol. The molecule has 80 valence electrons. The first-order chi connectivity index (χ1) is 7.22. The van der Waals surface area contributed by atoms with E-state index in [0.717, 1.165) is 9.09 Å². The van der Waals surface area contributed by atoms with Crippen LogP contribution in [-0.4, -0.2) is 18.3 Å². The molecule has 2 aromatic rings. The lowest BCUT2D eigenvalue weighted by atomic mass is 10.3. The molecule has 15 heavy (non-hydrogen) atoms. The molecule has 1 aromatic heterocycles. The molecule has 0 N–H and O–H groups in total. The number of nitrogens with zero attached hydrogens (tertiary/aromatic N) is 1. The number of hydrogen-bond donors (Lipinski definition) is 0. The fourth-order valence-corrected chi connectivity index (χ4v) is 1.90. The highest BCUT2D eigenvalue weighted by Gasteiger charge is 2.08. The Morgan fingerprint density at radius 1 is 1.53 bits per heavy atom. The molecule has 5 heteroatoms. The first-order valence-corrected chi connectivity index (χ1v) is 5.58. The summed E-state index contributed by atoms with van der Waals surface area (Å²) in [5.41, 5.74) is 1.44. The van der Waals surface area contributed by atoms with E-state index in [1.54, 1.807) is 11.7 Å². The average molecular weight is 319 g/mol. The van der Waals surface area contributed by atoms with Gasteiger partial charge >= 0.3 is 5.76 Å². The Balaban J connectivity index is 2.55. The van der Waals surface area contributed by atoms with Crippen molar-refractivity contribution in [3.63, 3.8) is 0 Å². The van der Waals surface area contributed by atoms with Gasteiger partial charge in [-0.15, -0.1) is 0 Å². The van der Waals surface area contributed by atoms with Crippen molar-refractivity contribution in [1.29, 1.82) is 0 Å². The van der Waals surface area contributed by atoms with Crippen LogP contribution in [0.15, 0.2) is 27.4 Å². The van der Waals surface area contributed by atoms with Crippen LogP contribution in [-0.2, 0) is 11.3 Å². The summed E-state index contributed by atoms with van der Waals surface area (Å²) >= 11 is 2.20. The molecule has 0 bridgehead atoms. The van der Waals surface area contributed by atoms with Crippen LogP contribution in [0.25, 0.3) is 11.1 Å². The van der Waals surface area contributed by atoms with Gasteiger partial charge in [0.1, 0.15) is 0 Å². The Hall–Kier alpha value is -0.820. The maximum absolute atomic E-state index is 11.5. The van der Waals surface area contributed by atoms with Crippen LogP contribution < -0.4 is 5.76 Å². The summed E-state index contributed by atoms with van der Waals surface area (Å²) in [7, 11) is 1.61. The first kappa shape index (κ1) is 10.7. The van der Waals surface area contributed by atoms with Crippen molar-refractivity contribution < 1.29 is 9.15 Å². The van der Waals surface area contributed by atoms with Gasteiger partial charge in [0.25, 0.3) is 0 Å². The van der Waals surface area contributed by atoms with E-state index in [1.807, 2.05) is 18.2 Å². The molecule has 0 aliphatic carbocycles. The zero-order valence-corrected chi connectivity index (χ0v) is 10.4. The molecular formula is C10H10INO3. The summed E-state index contributed by atoms with van der Waals surface area (Å²) in [4.78, 5) is 11.5. The average Bonchev–Trinajstić information content (AvgIpc) is 2.51. The van der Waals surface area contributed by atoms with Crippen LogP contribution >= 0.6 is 22.6 Å². The minimum atomic E-state index is -0.330. The highest BCUT2D eigenvalue weighted by Crippen LogP contribution is 2.16. The molecule has 0 amide bonds. The van der Waals surface area contributed by atoms with E-state index in [4.69, 9.17) is 9.15 Å². The van der Waals surface area contributed by atoms with Crippen LogP contribution in [0.3, 0.4) is 0 Å². The number of methoxy groups -OCH3 is 1. The molecule has 0 atom stereocenters. The topological polar surface area (TPSA) is 44.4 Å². The van der Waals surface area contributed by atoms with Crippen molar-refractivity contribution in [1.82, 2.24) is 4.57 Å². The smallest absolute Gasteiger partial charge is 0.408 e. The minimum absolute atomic E-state index is 0.330. The van der Waals surface area contributed by atoms with Gasteiger partial charge in [0.2, 0.25) is 0 Å². The number of fused-ring (bicyclic) bond motifs is 1. The molecule has 0 radical (unpaired) electrons. The predicted octanol–water partition coefficient (Wildman–Crippen LogP) is 1.85. The van der Waals surface area contributed by atoms with E-state index in [-0.39, 0.29) is 5.76 Å². The van der Waals surface area contributed by atoms with Crippen molar-refractivity contribution in [2.24, 2.45) is 0 Å². The maximum Gasteiger partial charge on any atom is 0.420 e. The van der Waals surface area contributed by atoms with Gasteiger partial charge in [0.05, 0.1) is 18.7 Å². The van der Waals surface area contributed by atoms with Crippen LogP contribution in [0.5, 0.6) is 0 Å². The Morgan fingerprint density at radius 2 is 2.33 bits per heavy atom. The van der Waals surface area contributed by atoms with Gasteiger partial charge in [-0.25, -0.2) is 4.79 Å². The second-order valence-electron chi connectivity index (χ2n) is 3.12. The number of ether oxygens (including phenoxy) is 1. The Morgan fingerprint density at radius 3 is 3.07 bits per heavy atom. The number of benzene rings is 1. The van der Waals surface area contributed by atoms with Crippen LogP contribution in [0.1, 0.15) is 0 Å². The van der Waals surface area contributed by atoms with Crippen LogP contribution in [0.2, 0.25) is 0 Å². The number of aromatic nitrogens is 1. The standard InChI is InChI=1S/C10H10INO3/c1-14-5-4-12-8-6-7(11)2-3-9(8)15-10(12)13/h2-3,6H,4-5H2,1H3. The SMILES string of the molecule is COCCn1c(=O)oc2ccc(I)cc21. The molecule has 0 aliphatic rings. The Bertz CT molecular complexity index is 529. The quantitative estimate of drug-likeness (QED) is 0.811. The molecule has 0 saturated heterocycles. The molecule has 1 aromatic carbocycles. The normalized spacial score (nSPS) is 11.1. The van der Waals surface area contributed by atoms with E-state index in [9.17, 15) is 4.79 Å². The second kappa shape index (κ2) is 4.36. The monoisotopic (exact) mass is 319 g/mol. The summed E-state index contributed by atoms with van der Waals surface area (Å²) in [5.74, 6) is -0.330. The summed E-state index contributed by atoms with van der Waals surface area (Å²) in [6.07, 6.45) is 0. The molecule has 0 spiro atoms. The van der Waals surface area contributed by atoms with E-state index >= 15 is 0 Å². The number of halogens is 1.